The number of hydrogen-bond acceptors (Lipinski definition) is 4. The highest BCUT2D eigenvalue weighted by molar-refractivity contribution is 7.92. The molecule has 0 aromatic heterocycles. The number of anilines is 1. The van der Waals surface area contributed by atoms with Crippen LogP contribution in [0.1, 0.15) is 40.8 Å². The number of carbonyl (C=O) groups excluding carboxylic acids is 1. The molecule has 2 atom stereocenters. The molecule has 1 aliphatic heterocycles. The van der Waals surface area contributed by atoms with Crippen LogP contribution in [0.3, 0.4) is 0 Å². The van der Waals surface area contributed by atoms with Gasteiger partial charge in [0.1, 0.15) is 5.75 Å². The SMILES string of the molecule is Cc1ccc2c(c1)O[C@@H](C(=O)N[C@@H](C)c1cc(C)c(C)cc1C)CN2S(=O)(=O)c1ccccc1. The second-order valence-corrected chi connectivity index (χ2v) is 10.8. The van der Waals surface area contributed by atoms with E-state index in [1.165, 1.54) is 9.87 Å². The Balaban J connectivity index is 1.64. The van der Waals surface area contributed by atoms with Gasteiger partial charge in [0, 0.05) is 0 Å². The number of nitrogens with one attached hydrogen (secondary N) is 1. The zero-order chi connectivity index (χ0) is 24.6. The highest BCUT2D eigenvalue weighted by Gasteiger charge is 2.38. The monoisotopic (exact) mass is 478 g/mol. The first-order valence-corrected chi connectivity index (χ1v) is 12.7. The third-order valence-electron chi connectivity index (χ3n) is 6.32. The summed E-state index contributed by atoms with van der Waals surface area (Å²) in [5.41, 5.74) is 5.81. The Hall–Kier alpha value is -3.32. The minimum atomic E-state index is -3.88. The zero-order valence-corrected chi connectivity index (χ0v) is 20.9. The van der Waals surface area contributed by atoms with Gasteiger partial charge in [-0.15, -0.1) is 0 Å². The maximum Gasteiger partial charge on any atom is 0.264 e. The van der Waals surface area contributed by atoms with Crippen molar-refractivity contribution in [1.29, 1.82) is 0 Å². The number of hydrogen-bond donors (Lipinski definition) is 1. The molecule has 1 aliphatic rings. The fraction of sp³-hybridized carbons (Fsp3) is 0.296. The Labute approximate surface area is 201 Å². The van der Waals surface area contributed by atoms with Gasteiger partial charge in [0.25, 0.3) is 15.9 Å². The van der Waals surface area contributed by atoms with Crippen LogP contribution < -0.4 is 14.4 Å². The fourth-order valence-corrected chi connectivity index (χ4v) is 5.78. The van der Waals surface area contributed by atoms with Gasteiger partial charge < -0.3 is 10.1 Å². The van der Waals surface area contributed by atoms with Gasteiger partial charge in [-0.25, -0.2) is 8.42 Å². The topological polar surface area (TPSA) is 75.7 Å². The Morgan fingerprint density at radius 1 is 0.971 bits per heavy atom. The number of benzene rings is 3. The lowest BCUT2D eigenvalue weighted by Gasteiger charge is -2.35. The van der Waals surface area contributed by atoms with E-state index in [1.807, 2.05) is 33.8 Å². The normalized spacial score (nSPS) is 16.4. The molecular weight excluding hydrogens is 448 g/mol. The van der Waals surface area contributed by atoms with Gasteiger partial charge in [0.2, 0.25) is 0 Å². The van der Waals surface area contributed by atoms with Crippen molar-refractivity contribution in [2.75, 3.05) is 10.8 Å². The van der Waals surface area contributed by atoms with Crippen molar-refractivity contribution >= 4 is 21.6 Å². The summed E-state index contributed by atoms with van der Waals surface area (Å²) in [5, 5.41) is 3.03. The first kappa shape index (κ1) is 23.8. The number of ether oxygens (including phenoxy) is 1. The van der Waals surface area contributed by atoms with Crippen LogP contribution in [0, 0.1) is 27.7 Å². The summed E-state index contributed by atoms with van der Waals surface area (Å²) in [7, 11) is -3.88. The van der Waals surface area contributed by atoms with E-state index in [4.69, 9.17) is 4.74 Å². The molecule has 4 rings (SSSR count). The van der Waals surface area contributed by atoms with E-state index in [0.717, 1.165) is 22.3 Å². The summed E-state index contributed by atoms with van der Waals surface area (Å²) in [4.78, 5) is 13.5. The molecule has 3 aromatic rings. The van der Waals surface area contributed by atoms with E-state index in [9.17, 15) is 13.2 Å². The molecule has 0 saturated heterocycles. The smallest absolute Gasteiger partial charge is 0.264 e. The molecule has 34 heavy (non-hydrogen) atoms. The minimum absolute atomic E-state index is 0.113. The van der Waals surface area contributed by atoms with Crippen LogP contribution in [0.5, 0.6) is 5.75 Å². The molecule has 1 heterocycles. The van der Waals surface area contributed by atoms with Crippen LogP contribution >= 0.6 is 0 Å². The van der Waals surface area contributed by atoms with E-state index in [1.54, 1.807) is 42.5 Å². The summed E-state index contributed by atoms with van der Waals surface area (Å²) in [6.45, 7) is 9.84. The van der Waals surface area contributed by atoms with Crippen LogP contribution in [-0.2, 0) is 14.8 Å². The van der Waals surface area contributed by atoms with Crippen molar-refractivity contribution in [2.45, 2.75) is 51.7 Å². The lowest BCUT2D eigenvalue weighted by Crippen LogP contribution is -2.51. The predicted octanol–water partition coefficient (Wildman–Crippen LogP) is 4.75. The summed E-state index contributed by atoms with van der Waals surface area (Å²) in [6, 6.07) is 17.5. The van der Waals surface area contributed by atoms with Crippen molar-refractivity contribution in [3.63, 3.8) is 0 Å². The molecule has 1 N–H and O–H groups in total. The van der Waals surface area contributed by atoms with Crippen molar-refractivity contribution in [3.05, 3.63) is 88.5 Å². The molecule has 178 valence electrons. The van der Waals surface area contributed by atoms with Crippen LogP contribution in [-0.4, -0.2) is 27.0 Å². The van der Waals surface area contributed by atoms with Crippen LogP contribution in [0.4, 0.5) is 5.69 Å². The maximum absolute atomic E-state index is 13.5. The van der Waals surface area contributed by atoms with Crippen molar-refractivity contribution in [1.82, 2.24) is 5.32 Å². The molecule has 0 aliphatic carbocycles. The van der Waals surface area contributed by atoms with Crippen molar-refractivity contribution < 1.29 is 17.9 Å². The molecule has 0 radical (unpaired) electrons. The first-order chi connectivity index (χ1) is 16.1. The van der Waals surface area contributed by atoms with Crippen molar-refractivity contribution in [2.24, 2.45) is 0 Å². The molecule has 6 nitrogen and oxygen atoms in total. The van der Waals surface area contributed by atoms with Gasteiger partial charge in [-0.2, -0.15) is 0 Å². The molecule has 0 fully saturated rings. The van der Waals surface area contributed by atoms with Crippen molar-refractivity contribution in [3.8, 4) is 5.75 Å². The van der Waals surface area contributed by atoms with Gasteiger partial charge in [-0.3, -0.25) is 9.10 Å². The number of rotatable bonds is 5. The third kappa shape index (κ3) is 4.53. The Kier molecular flexibility index (Phi) is 6.41. The fourth-order valence-electron chi connectivity index (χ4n) is 4.28. The van der Waals surface area contributed by atoms with Gasteiger partial charge >= 0.3 is 0 Å². The lowest BCUT2D eigenvalue weighted by molar-refractivity contribution is -0.128. The number of nitrogens with zero attached hydrogens (tertiary/aromatic N) is 1. The summed E-state index contributed by atoms with van der Waals surface area (Å²) < 4.78 is 34.3. The van der Waals surface area contributed by atoms with Crippen LogP contribution in [0.15, 0.2) is 65.6 Å². The molecule has 0 spiro atoms. The quantitative estimate of drug-likeness (QED) is 0.574. The van der Waals surface area contributed by atoms with Gasteiger partial charge in [0.15, 0.2) is 6.10 Å². The highest BCUT2D eigenvalue weighted by Crippen LogP contribution is 2.38. The maximum atomic E-state index is 13.5. The Bertz CT molecular complexity index is 1340. The van der Waals surface area contributed by atoms with Gasteiger partial charge in [-0.1, -0.05) is 36.4 Å². The highest BCUT2D eigenvalue weighted by atomic mass is 32.2. The second kappa shape index (κ2) is 9.14. The van der Waals surface area contributed by atoms with E-state index in [-0.39, 0.29) is 23.4 Å². The molecule has 7 heteroatoms. The number of fused-ring (bicyclic) bond motifs is 1. The average molecular weight is 479 g/mol. The van der Waals surface area contributed by atoms with Gasteiger partial charge in [0.05, 0.1) is 23.2 Å². The van der Waals surface area contributed by atoms with E-state index in [2.05, 4.69) is 24.4 Å². The largest absolute Gasteiger partial charge is 0.476 e. The summed E-state index contributed by atoms with van der Waals surface area (Å²) in [5.74, 6) is 0.0199. The molecule has 3 aromatic carbocycles. The number of amides is 1. The number of aryl methyl sites for hydroxylation is 4. The standard InChI is InChI=1S/C27H30N2O4S/c1-17-11-12-24-25(13-17)33-26(16-29(24)34(31,32)22-9-7-6-8-10-22)27(30)28-21(5)23-15-19(3)18(2)14-20(23)4/h6-15,21,26H,16H2,1-5H3,(H,28,30)/t21-,26+/m0/s1. The average Bonchev–Trinajstić information content (AvgIpc) is 2.80. The summed E-state index contributed by atoms with van der Waals surface area (Å²) in [6.07, 6.45) is -0.984. The number of sulfonamides is 1. The molecular formula is C27H30N2O4S. The van der Waals surface area contributed by atoms with E-state index in [0.29, 0.717) is 11.4 Å². The molecule has 0 bridgehead atoms. The van der Waals surface area contributed by atoms with Gasteiger partial charge in [-0.05, 0) is 86.7 Å². The summed E-state index contributed by atoms with van der Waals surface area (Å²) >= 11 is 0. The Morgan fingerprint density at radius 2 is 1.65 bits per heavy atom. The lowest BCUT2D eigenvalue weighted by atomic mass is 9.96. The molecule has 0 unspecified atom stereocenters. The minimum Gasteiger partial charge on any atom is -0.476 e. The zero-order valence-electron chi connectivity index (χ0n) is 20.1. The second-order valence-electron chi connectivity index (χ2n) is 8.95. The molecule has 1 amide bonds. The van der Waals surface area contributed by atoms with Crippen LogP contribution in [0.2, 0.25) is 0 Å². The predicted molar refractivity (Wildman–Crippen MR) is 134 cm³/mol. The molecule has 0 saturated carbocycles. The third-order valence-corrected chi connectivity index (χ3v) is 8.11. The Morgan fingerprint density at radius 3 is 2.35 bits per heavy atom. The first-order valence-electron chi connectivity index (χ1n) is 11.3. The van der Waals surface area contributed by atoms with Crippen LogP contribution in [0.25, 0.3) is 0 Å². The number of carbonyl (C=O) groups is 1. The van der Waals surface area contributed by atoms with E-state index >= 15 is 0 Å². The van der Waals surface area contributed by atoms with E-state index < -0.39 is 16.1 Å².